The molecule has 0 atom stereocenters. The van der Waals surface area contributed by atoms with Crippen LogP contribution in [0.4, 0.5) is 0 Å². The molecule has 4 rings (SSSR count). The van der Waals surface area contributed by atoms with Gasteiger partial charge in [0.2, 0.25) is 0 Å². The lowest BCUT2D eigenvalue weighted by Crippen LogP contribution is -2.25. The van der Waals surface area contributed by atoms with E-state index in [-0.39, 0.29) is 5.41 Å². The van der Waals surface area contributed by atoms with Gasteiger partial charge in [-0.15, -0.1) is 0 Å². The Morgan fingerprint density at radius 1 is 0.579 bits per heavy atom. The van der Waals surface area contributed by atoms with E-state index in [4.69, 9.17) is 4.74 Å². The molecule has 0 aliphatic heterocycles. The summed E-state index contributed by atoms with van der Waals surface area (Å²) >= 11 is 3.83. The first kappa shape index (κ1) is 28.9. The van der Waals surface area contributed by atoms with Crippen LogP contribution in [0.1, 0.15) is 115 Å². The maximum absolute atomic E-state index is 5.42. The van der Waals surface area contributed by atoms with Crippen molar-refractivity contribution in [1.82, 2.24) is 0 Å². The van der Waals surface area contributed by atoms with E-state index in [1.807, 2.05) is 0 Å². The van der Waals surface area contributed by atoms with E-state index in [1.54, 1.807) is 18.2 Å². The summed E-state index contributed by atoms with van der Waals surface area (Å²) in [6.45, 7) is 4.61. The van der Waals surface area contributed by atoms with Crippen molar-refractivity contribution in [3.63, 3.8) is 0 Å². The number of rotatable bonds is 16. The smallest absolute Gasteiger partial charge is 0.118 e. The Kier molecular flexibility index (Phi) is 10.9. The van der Waals surface area contributed by atoms with Gasteiger partial charge in [0.05, 0.1) is 7.11 Å². The number of hydrogen-bond donors (Lipinski definition) is 0. The molecule has 0 saturated heterocycles. The van der Waals surface area contributed by atoms with E-state index in [0.29, 0.717) is 0 Å². The first-order chi connectivity index (χ1) is 18.6. The van der Waals surface area contributed by atoms with Crippen LogP contribution in [-0.2, 0) is 5.41 Å². The molecule has 0 bridgehead atoms. The average Bonchev–Trinajstić information content (AvgIpc) is 3.21. The van der Waals surface area contributed by atoms with Crippen LogP contribution in [0.15, 0.2) is 65.1 Å². The summed E-state index contributed by atoms with van der Waals surface area (Å²) in [7, 11) is 1.73. The Balaban J connectivity index is 1.69. The van der Waals surface area contributed by atoms with Crippen LogP contribution in [-0.4, -0.2) is 7.11 Å². The quantitative estimate of drug-likeness (QED) is 0.154. The van der Waals surface area contributed by atoms with E-state index in [0.717, 1.165) is 5.75 Å². The van der Waals surface area contributed by atoms with Gasteiger partial charge in [0.1, 0.15) is 5.75 Å². The molecule has 0 N–H and O–H groups in total. The number of methoxy groups -OCH3 is 1. The van der Waals surface area contributed by atoms with E-state index in [1.165, 1.54) is 117 Å². The molecule has 1 nitrogen and oxygen atoms in total. The van der Waals surface area contributed by atoms with Gasteiger partial charge < -0.3 is 4.74 Å². The minimum Gasteiger partial charge on any atom is -0.497 e. The van der Waals surface area contributed by atoms with Crippen molar-refractivity contribution in [2.24, 2.45) is 0 Å². The van der Waals surface area contributed by atoms with Crippen LogP contribution in [0, 0.1) is 0 Å². The molecular weight excluding hydrogens is 528 g/mol. The maximum atomic E-state index is 5.42. The summed E-state index contributed by atoms with van der Waals surface area (Å²) in [4.78, 5) is 0. The first-order valence-electron chi connectivity index (χ1n) is 15.2. The third-order valence-electron chi connectivity index (χ3n) is 8.66. The average molecular weight is 576 g/mol. The Labute approximate surface area is 240 Å². The highest BCUT2D eigenvalue weighted by Gasteiger charge is 2.42. The molecule has 3 aromatic carbocycles. The Hall–Kier alpha value is -2.06. The monoisotopic (exact) mass is 574 g/mol. The highest BCUT2D eigenvalue weighted by molar-refractivity contribution is 9.10. The third kappa shape index (κ3) is 6.74. The summed E-state index contributed by atoms with van der Waals surface area (Å²) < 4.78 is 6.62. The fourth-order valence-corrected chi connectivity index (χ4v) is 6.87. The lowest BCUT2D eigenvalue weighted by atomic mass is 9.70. The molecule has 0 fully saturated rings. The van der Waals surface area contributed by atoms with Gasteiger partial charge >= 0.3 is 0 Å². The van der Waals surface area contributed by atoms with E-state index < -0.39 is 0 Å². The largest absolute Gasteiger partial charge is 0.497 e. The molecule has 0 radical (unpaired) electrons. The summed E-state index contributed by atoms with van der Waals surface area (Å²) in [6.07, 6.45) is 18.6. The summed E-state index contributed by atoms with van der Waals surface area (Å²) in [5.74, 6) is 0.910. The van der Waals surface area contributed by atoms with Gasteiger partial charge in [-0.1, -0.05) is 137 Å². The first-order valence-corrected chi connectivity index (χ1v) is 16.0. The number of ether oxygens (including phenoxy) is 1. The van der Waals surface area contributed by atoms with Crippen molar-refractivity contribution >= 4 is 15.9 Å². The Morgan fingerprint density at radius 2 is 1.08 bits per heavy atom. The number of benzene rings is 3. The van der Waals surface area contributed by atoms with Crippen molar-refractivity contribution in [3.05, 3.63) is 76.3 Å². The van der Waals surface area contributed by atoms with Crippen molar-refractivity contribution in [3.8, 4) is 28.0 Å². The van der Waals surface area contributed by atoms with Crippen LogP contribution in [0.5, 0.6) is 5.75 Å². The standard InChI is InChI=1S/C36H47BrO/c1-4-6-8-10-12-14-24-36(25-15-13-11-9-7-5-2)34-26-29(28-16-20-31(38-3)21-17-28)18-22-32(34)33-23-19-30(37)27-35(33)36/h16-23,26-27H,4-15,24-25H2,1-3H3. The zero-order valence-electron chi connectivity index (χ0n) is 24.0. The third-order valence-corrected chi connectivity index (χ3v) is 9.15. The molecule has 38 heavy (non-hydrogen) atoms. The molecule has 2 heteroatoms. The fourth-order valence-electron chi connectivity index (χ4n) is 6.51. The topological polar surface area (TPSA) is 9.23 Å². The normalized spacial score (nSPS) is 13.4. The second-order valence-corrected chi connectivity index (χ2v) is 12.2. The molecule has 0 amide bonds. The number of fused-ring (bicyclic) bond motifs is 3. The molecule has 204 valence electrons. The van der Waals surface area contributed by atoms with Crippen molar-refractivity contribution in [2.45, 2.75) is 109 Å². The van der Waals surface area contributed by atoms with Gasteiger partial charge in [-0.25, -0.2) is 0 Å². The summed E-state index contributed by atoms with van der Waals surface area (Å²) in [5, 5.41) is 0. The molecular formula is C36H47BrO. The van der Waals surface area contributed by atoms with Crippen LogP contribution in [0.2, 0.25) is 0 Å². The fraction of sp³-hybridized carbons (Fsp3) is 0.500. The predicted molar refractivity (Wildman–Crippen MR) is 168 cm³/mol. The van der Waals surface area contributed by atoms with Gasteiger partial charge in [-0.05, 0) is 76.6 Å². The predicted octanol–water partition coefficient (Wildman–Crippen LogP) is 11.9. The highest BCUT2D eigenvalue weighted by atomic mass is 79.9. The zero-order chi connectivity index (χ0) is 26.8. The van der Waals surface area contributed by atoms with Gasteiger partial charge in [-0.3, -0.25) is 0 Å². The van der Waals surface area contributed by atoms with E-state index in [9.17, 15) is 0 Å². The summed E-state index contributed by atoms with van der Waals surface area (Å²) in [6, 6.07) is 22.8. The molecule has 0 saturated carbocycles. The van der Waals surface area contributed by atoms with Crippen LogP contribution >= 0.6 is 15.9 Å². The summed E-state index contributed by atoms with van der Waals surface area (Å²) in [5.41, 5.74) is 8.68. The van der Waals surface area contributed by atoms with Crippen LogP contribution < -0.4 is 4.74 Å². The second kappa shape index (κ2) is 14.4. The molecule has 0 spiro atoms. The van der Waals surface area contributed by atoms with Crippen LogP contribution in [0.3, 0.4) is 0 Å². The number of unbranched alkanes of at least 4 members (excludes halogenated alkanes) is 10. The maximum Gasteiger partial charge on any atom is 0.118 e. The molecule has 0 aromatic heterocycles. The molecule has 3 aromatic rings. The second-order valence-electron chi connectivity index (χ2n) is 11.3. The SMILES string of the molecule is CCCCCCCCC1(CCCCCCCC)c2cc(Br)ccc2-c2ccc(-c3ccc(OC)cc3)cc21. The minimum absolute atomic E-state index is 0.104. The molecule has 1 aliphatic carbocycles. The minimum atomic E-state index is 0.104. The van der Waals surface area contributed by atoms with Gasteiger partial charge in [0.25, 0.3) is 0 Å². The van der Waals surface area contributed by atoms with Crippen molar-refractivity contribution in [2.75, 3.05) is 7.11 Å². The lowest BCUT2D eigenvalue weighted by Gasteiger charge is -2.33. The Bertz CT molecular complexity index is 1130. The number of halogens is 1. The molecule has 0 unspecified atom stereocenters. The zero-order valence-corrected chi connectivity index (χ0v) is 25.5. The van der Waals surface area contributed by atoms with E-state index >= 15 is 0 Å². The lowest BCUT2D eigenvalue weighted by molar-refractivity contribution is 0.398. The van der Waals surface area contributed by atoms with Crippen LogP contribution in [0.25, 0.3) is 22.3 Å². The van der Waals surface area contributed by atoms with Crippen molar-refractivity contribution < 1.29 is 4.74 Å². The Morgan fingerprint density at radius 3 is 1.66 bits per heavy atom. The van der Waals surface area contributed by atoms with Gasteiger partial charge in [0.15, 0.2) is 0 Å². The number of hydrogen-bond acceptors (Lipinski definition) is 1. The van der Waals surface area contributed by atoms with Gasteiger partial charge in [0, 0.05) is 9.89 Å². The van der Waals surface area contributed by atoms with Crippen molar-refractivity contribution in [1.29, 1.82) is 0 Å². The molecule has 1 aliphatic rings. The van der Waals surface area contributed by atoms with Gasteiger partial charge in [-0.2, -0.15) is 0 Å². The molecule has 0 heterocycles. The highest BCUT2D eigenvalue weighted by Crippen LogP contribution is 2.55. The van der Waals surface area contributed by atoms with E-state index in [2.05, 4.69) is 90.4 Å².